The van der Waals surface area contributed by atoms with Gasteiger partial charge >= 0.3 is 5.97 Å². The third-order valence-corrected chi connectivity index (χ3v) is 1.28. The summed E-state index contributed by atoms with van der Waals surface area (Å²) >= 11 is 0. The molecule has 0 heterocycles. The Morgan fingerprint density at radius 2 is 1.92 bits per heavy atom. The maximum absolute atomic E-state index is 11.7. The number of esters is 1. The summed E-state index contributed by atoms with van der Waals surface area (Å²) in [6.45, 7) is 2.73. The summed E-state index contributed by atoms with van der Waals surface area (Å²) in [6, 6.07) is 0. The molecule has 1 atom stereocenters. The van der Waals surface area contributed by atoms with Gasteiger partial charge in [0, 0.05) is 0 Å². The number of alkyl halides is 2. The van der Waals surface area contributed by atoms with Crippen LogP contribution in [0.1, 0.15) is 13.8 Å². The number of halogens is 2. The lowest BCUT2D eigenvalue weighted by Crippen LogP contribution is -2.28. The fraction of sp³-hybridized carbons (Fsp3) is 0.714. The van der Waals surface area contributed by atoms with Gasteiger partial charge in [0.05, 0.1) is 6.61 Å². The average Bonchev–Trinajstić information content (AvgIpc) is 2.02. The van der Waals surface area contributed by atoms with Crippen LogP contribution >= 0.6 is 0 Å². The van der Waals surface area contributed by atoms with Crippen LogP contribution in [0.25, 0.3) is 0 Å². The Hall–Kier alpha value is -1.00. The van der Waals surface area contributed by atoms with Crippen molar-refractivity contribution in [2.24, 2.45) is 5.92 Å². The van der Waals surface area contributed by atoms with Gasteiger partial charge < -0.3 is 4.74 Å². The highest BCUT2D eigenvalue weighted by Gasteiger charge is 2.29. The average molecular weight is 180 g/mol. The summed E-state index contributed by atoms with van der Waals surface area (Å²) in [6.07, 6.45) is -3.11. The molecule has 0 saturated carbocycles. The molecule has 1 unspecified atom stereocenters. The number of ether oxygens (including phenoxy) is 1. The number of ketones is 1. The monoisotopic (exact) mass is 180 g/mol. The van der Waals surface area contributed by atoms with Gasteiger partial charge in [-0.25, -0.2) is 8.78 Å². The van der Waals surface area contributed by atoms with Crippen LogP contribution in [-0.2, 0) is 14.3 Å². The molecule has 0 aromatic rings. The van der Waals surface area contributed by atoms with Crippen molar-refractivity contribution < 1.29 is 23.1 Å². The van der Waals surface area contributed by atoms with Crippen LogP contribution < -0.4 is 0 Å². The Balaban J connectivity index is 4.10. The van der Waals surface area contributed by atoms with Crippen LogP contribution in [0.15, 0.2) is 0 Å². The number of hydrogen-bond acceptors (Lipinski definition) is 3. The molecule has 0 aliphatic carbocycles. The van der Waals surface area contributed by atoms with E-state index in [1.807, 2.05) is 0 Å². The second-order valence-corrected chi connectivity index (χ2v) is 2.18. The fourth-order valence-electron chi connectivity index (χ4n) is 0.572. The van der Waals surface area contributed by atoms with Gasteiger partial charge in [-0.1, -0.05) is 0 Å². The van der Waals surface area contributed by atoms with Crippen molar-refractivity contribution in [3.63, 3.8) is 0 Å². The van der Waals surface area contributed by atoms with E-state index in [0.717, 1.165) is 6.92 Å². The van der Waals surface area contributed by atoms with Gasteiger partial charge in [0.1, 0.15) is 5.92 Å². The van der Waals surface area contributed by atoms with Crippen molar-refractivity contribution in [2.75, 3.05) is 6.61 Å². The third-order valence-electron chi connectivity index (χ3n) is 1.28. The molecule has 70 valence electrons. The van der Waals surface area contributed by atoms with Crippen LogP contribution in [0, 0.1) is 5.92 Å². The Morgan fingerprint density at radius 1 is 1.42 bits per heavy atom. The lowest BCUT2D eigenvalue weighted by atomic mass is 10.1. The number of hydrogen-bond donors (Lipinski definition) is 0. The molecule has 0 radical (unpaired) electrons. The molecular weight excluding hydrogens is 170 g/mol. The van der Waals surface area contributed by atoms with Crippen LogP contribution in [0.2, 0.25) is 0 Å². The van der Waals surface area contributed by atoms with E-state index in [1.54, 1.807) is 0 Å². The topological polar surface area (TPSA) is 43.4 Å². The van der Waals surface area contributed by atoms with Gasteiger partial charge in [0.15, 0.2) is 0 Å². The van der Waals surface area contributed by atoms with Gasteiger partial charge in [0.25, 0.3) is 6.43 Å². The van der Waals surface area contributed by atoms with Crippen molar-refractivity contribution in [1.82, 2.24) is 0 Å². The zero-order chi connectivity index (χ0) is 9.72. The molecule has 0 rings (SSSR count). The van der Waals surface area contributed by atoms with E-state index in [-0.39, 0.29) is 6.61 Å². The summed E-state index contributed by atoms with van der Waals surface area (Å²) < 4.78 is 27.8. The van der Waals surface area contributed by atoms with E-state index in [4.69, 9.17) is 0 Å². The number of rotatable bonds is 4. The third kappa shape index (κ3) is 2.94. The summed E-state index contributed by atoms with van der Waals surface area (Å²) in [7, 11) is 0. The zero-order valence-corrected chi connectivity index (χ0v) is 6.84. The smallest absolute Gasteiger partial charge is 0.316 e. The molecule has 12 heavy (non-hydrogen) atoms. The predicted molar refractivity (Wildman–Crippen MR) is 36.8 cm³/mol. The standard InChI is InChI=1S/C7H10F2O3/c1-3-12-7(11)4(2)5(10)6(8)9/h4,6H,3H2,1-2H3. The first-order valence-electron chi connectivity index (χ1n) is 3.49. The first kappa shape index (κ1) is 11.0. The molecule has 0 aromatic carbocycles. The summed E-state index contributed by atoms with van der Waals surface area (Å²) in [5.41, 5.74) is 0. The van der Waals surface area contributed by atoms with Gasteiger partial charge in [-0.05, 0) is 13.8 Å². The van der Waals surface area contributed by atoms with Crippen molar-refractivity contribution >= 4 is 11.8 Å². The number of Topliss-reactive ketones (excluding diaryl/α,β-unsaturated/α-hetero) is 1. The quantitative estimate of drug-likeness (QED) is 0.479. The highest BCUT2D eigenvalue weighted by atomic mass is 19.3. The molecule has 5 heteroatoms. The lowest BCUT2D eigenvalue weighted by molar-refractivity contribution is -0.154. The second-order valence-electron chi connectivity index (χ2n) is 2.18. The Kier molecular flexibility index (Phi) is 4.39. The molecule has 0 aliphatic rings. The molecule has 0 aliphatic heterocycles. The summed E-state index contributed by atoms with van der Waals surface area (Å²) in [5, 5.41) is 0. The van der Waals surface area contributed by atoms with Crippen molar-refractivity contribution in [2.45, 2.75) is 20.3 Å². The van der Waals surface area contributed by atoms with Crippen molar-refractivity contribution in [3.05, 3.63) is 0 Å². The summed E-state index contributed by atoms with van der Waals surface area (Å²) in [5.74, 6) is -3.67. The van der Waals surface area contributed by atoms with Crippen LogP contribution in [0.3, 0.4) is 0 Å². The summed E-state index contributed by atoms with van der Waals surface area (Å²) in [4.78, 5) is 21.2. The molecule has 0 N–H and O–H groups in total. The molecule has 0 spiro atoms. The largest absolute Gasteiger partial charge is 0.465 e. The normalized spacial score (nSPS) is 12.8. The molecule has 0 saturated heterocycles. The van der Waals surface area contributed by atoms with Gasteiger partial charge in [-0.15, -0.1) is 0 Å². The number of carbonyl (C=O) groups is 2. The van der Waals surface area contributed by atoms with E-state index in [2.05, 4.69) is 4.74 Å². The van der Waals surface area contributed by atoms with Gasteiger partial charge in [-0.2, -0.15) is 0 Å². The van der Waals surface area contributed by atoms with E-state index in [1.165, 1.54) is 6.92 Å². The van der Waals surface area contributed by atoms with Crippen molar-refractivity contribution in [1.29, 1.82) is 0 Å². The fourth-order valence-corrected chi connectivity index (χ4v) is 0.572. The zero-order valence-electron chi connectivity index (χ0n) is 6.84. The predicted octanol–water partition coefficient (Wildman–Crippen LogP) is 1.02. The van der Waals surface area contributed by atoms with Crippen LogP contribution in [0.5, 0.6) is 0 Å². The SMILES string of the molecule is CCOC(=O)C(C)C(=O)C(F)F. The lowest BCUT2D eigenvalue weighted by Gasteiger charge is -2.07. The molecule has 0 aromatic heterocycles. The highest BCUT2D eigenvalue weighted by Crippen LogP contribution is 2.07. The van der Waals surface area contributed by atoms with Gasteiger partial charge in [-0.3, -0.25) is 9.59 Å². The maximum atomic E-state index is 11.7. The minimum absolute atomic E-state index is 0.0830. The Morgan fingerprint density at radius 3 is 2.25 bits per heavy atom. The van der Waals surface area contributed by atoms with E-state index in [0.29, 0.717) is 0 Å². The molecule has 0 fully saturated rings. The van der Waals surface area contributed by atoms with Crippen molar-refractivity contribution in [3.8, 4) is 0 Å². The Bertz CT molecular complexity index is 179. The first-order chi connectivity index (χ1) is 5.50. The molecular formula is C7H10F2O3. The minimum Gasteiger partial charge on any atom is -0.465 e. The van der Waals surface area contributed by atoms with E-state index in [9.17, 15) is 18.4 Å². The number of carbonyl (C=O) groups excluding carboxylic acids is 2. The highest BCUT2D eigenvalue weighted by molar-refractivity contribution is 6.00. The van der Waals surface area contributed by atoms with E-state index >= 15 is 0 Å². The van der Waals surface area contributed by atoms with E-state index < -0.39 is 24.1 Å². The maximum Gasteiger partial charge on any atom is 0.316 e. The Labute approximate surface area is 68.7 Å². The van der Waals surface area contributed by atoms with Crippen LogP contribution in [0.4, 0.5) is 8.78 Å². The minimum atomic E-state index is -3.11. The van der Waals surface area contributed by atoms with Crippen LogP contribution in [-0.4, -0.2) is 24.8 Å². The second kappa shape index (κ2) is 4.79. The molecule has 0 amide bonds. The molecule has 3 nitrogen and oxygen atoms in total. The first-order valence-corrected chi connectivity index (χ1v) is 3.49. The van der Waals surface area contributed by atoms with Gasteiger partial charge in [0.2, 0.25) is 5.78 Å². The molecule has 0 bridgehead atoms.